The molecule has 0 aliphatic carbocycles. The van der Waals surface area contributed by atoms with E-state index in [9.17, 15) is 15.2 Å². The summed E-state index contributed by atoms with van der Waals surface area (Å²) in [6.07, 6.45) is 1.43. The molecule has 0 atom stereocenters. The number of aryl methyl sites for hydroxylation is 2. The monoisotopic (exact) mass is 429 g/mol. The predicted octanol–water partition coefficient (Wildman–Crippen LogP) is 6.12. The maximum Gasteiger partial charge on any atom is 0.346 e. The maximum atomic E-state index is 11.4. The molecule has 0 bridgehead atoms. The molecule has 2 heterocycles. The molecule has 5 nitrogen and oxygen atoms in total. The summed E-state index contributed by atoms with van der Waals surface area (Å²) in [5.41, 5.74) is 4.92. The molecule has 2 aromatic heterocycles. The molecule has 6 aromatic rings. The van der Waals surface area contributed by atoms with Crippen LogP contribution in [0.25, 0.3) is 60.5 Å². The molecule has 0 saturated heterocycles. The third-order valence-electron chi connectivity index (χ3n) is 6.71. The quantitative estimate of drug-likeness (QED) is 0.266. The van der Waals surface area contributed by atoms with Gasteiger partial charge in [0.05, 0.1) is 0 Å². The van der Waals surface area contributed by atoms with Gasteiger partial charge in [-0.15, -0.1) is 0 Å². The molecule has 0 unspecified atom stereocenters. The Balaban J connectivity index is 1.84. The van der Waals surface area contributed by atoms with Gasteiger partial charge in [0.25, 0.3) is 0 Å². The number of nitriles is 1. The molecule has 5 heteroatoms. The highest BCUT2D eigenvalue weighted by Gasteiger charge is 2.17. The molecule has 158 valence electrons. The van der Waals surface area contributed by atoms with Crippen LogP contribution in [0.5, 0.6) is 0 Å². The van der Waals surface area contributed by atoms with Gasteiger partial charge in [0.15, 0.2) is 0 Å². The summed E-state index contributed by atoms with van der Waals surface area (Å²) >= 11 is 0. The van der Waals surface area contributed by atoms with Crippen LogP contribution in [0.3, 0.4) is 0 Å². The van der Waals surface area contributed by atoms with Crippen LogP contribution in [0.4, 0.5) is 0 Å². The zero-order valence-electron chi connectivity index (χ0n) is 18.1. The summed E-state index contributed by atoms with van der Waals surface area (Å²) < 4.78 is 4.40. The smallest absolute Gasteiger partial charge is 0.346 e. The molecule has 0 aliphatic rings. The minimum Gasteiger partial charge on any atom is -0.477 e. The molecule has 4 aromatic carbocycles. The molecule has 33 heavy (non-hydrogen) atoms. The van der Waals surface area contributed by atoms with Crippen molar-refractivity contribution in [2.75, 3.05) is 0 Å². The fraction of sp³-hybridized carbons (Fsp3) is 0.0714. The van der Waals surface area contributed by atoms with Crippen molar-refractivity contribution in [3.05, 3.63) is 77.9 Å². The second kappa shape index (κ2) is 6.72. The highest BCUT2D eigenvalue weighted by atomic mass is 16.4. The number of fused-ring (bicyclic) bond motifs is 9. The Morgan fingerprint density at radius 1 is 0.818 bits per heavy atom. The van der Waals surface area contributed by atoms with E-state index < -0.39 is 5.97 Å². The Labute approximate surface area is 189 Å². The number of rotatable bonds is 2. The highest BCUT2D eigenvalue weighted by Crippen LogP contribution is 2.41. The van der Waals surface area contributed by atoms with Gasteiger partial charge in [-0.05, 0) is 47.4 Å². The molecular weight excluding hydrogens is 410 g/mol. The van der Waals surface area contributed by atoms with E-state index in [2.05, 4.69) is 64.7 Å². The fourth-order valence-corrected chi connectivity index (χ4v) is 5.18. The number of carbonyl (C=O) groups is 1. The zero-order valence-corrected chi connectivity index (χ0v) is 18.1. The van der Waals surface area contributed by atoms with Gasteiger partial charge in [-0.3, -0.25) is 0 Å². The van der Waals surface area contributed by atoms with E-state index in [-0.39, 0.29) is 5.57 Å². The minimum atomic E-state index is -1.22. The first-order chi connectivity index (χ1) is 16.0. The predicted molar refractivity (Wildman–Crippen MR) is 133 cm³/mol. The summed E-state index contributed by atoms with van der Waals surface area (Å²) in [5, 5.41) is 25.4. The first-order valence-electron chi connectivity index (χ1n) is 10.7. The third-order valence-corrected chi connectivity index (χ3v) is 6.71. The van der Waals surface area contributed by atoms with Crippen molar-refractivity contribution in [2.45, 2.75) is 0 Å². The van der Waals surface area contributed by atoms with Gasteiger partial charge < -0.3 is 14.2 Å². The lowest BCUT2D eigenvalue weighted by Gasteiger charge is -2.05. The van der Waals surface area contributed by atoms with Crippen LogP contribution in [-0.2, 0) is 18.9 Å². The van der Waals surface area contributed by atoms with Gasteiger partial charge in [0, 0.05) is 63.1 Å². The lowest BCUT2D eigenvalue weighted by atomic mass is 9.98. The van der Waals surface area contributed by atoms with E-state index in [4.69, 9.17) is 0 Å². The normalized spacial score (nSPS) is 12.3. The largest absolute Gasteiger partial charge is 0.477 e. The van der Waals surface area contributed by atoms with Gasteiger partial charge in [0.1, 0.15) is 11.6 Å². The van der Waals surface area contributed by atoms with Gasteiger partial charge in [-0.2, -0.15) is 5.26 Å². The van der Waals surface area contributed by atoms with Gasteiger partial charge in [-0.25, -0.2) is 4.79 Å². The van der Waals surface area contributed by atoms with Crippen LogP contribution in [-0.4, -0.2) is 20.2 Å². The lowest BCUT2D eigenvalue weighted by molar-refractivity contribution is -0.132. The van der Waals surface area contributed by atoms with Crippen molar-refractivity contribution in [2.24, 2.45) is 14.1 Å². The van der Waals surface area contributed by atoms with E-state index in [0.717, 1.165) is 27.2 Å². The number of benzene rings is 4. The van der Waals surface area contributed by atoms with Crippen molar-refractivity contribution in [1.82, 2.24) is 9.13 Å². The maximum absolute atomic E-state index is 11.4. The van der Waals surface area contributed by atoms with Crippen molar-refractivity contribution in [3.8, 4) is 6.07 Å². The summed E-state index contributed by atoms with van der Waals surface area (Å²) in [6.45, 7) is 0. The topological polar surface area (TPSA) is 70.9 Å². The zero-order chi connectivity index (χ0) is 22.9. The Morgan fingerprint density at radius 2 is 1.42 bits per heavy atom. The summed E-state index contributed by atoms with van der Waals surface area (Å²) in [5.74, 6) is -1.22. The standard InChI is InChI=1S/C28H19N3O2/c1-30-21-6-4-3-5-19(21)26-23(30)11-8-17-9-12-24-27(25(17)26)20-14-16(7-10-22(20)31(24)2)13-18(15-29)28(32)33/h3-14H,1-2H3,(H,32,33)/b18-13-. The Bertz CT molecular complexity index is 1870. The molecule has 0 saturated carbocycles. The first-order valence-corrected chi connectivity index (χ1v) is 10.7. The second-order valence-corrected chi connectivity index (χ2v) is 8.40. The average molecular weight is 429 g/mol. The molecule has 0 fully saturated rings. The Kier molecular flexibility index (Phi) is 3.90. The van der Waals surface area contributed by atoms with E-state index in [1.54, 1.807) is 6.07 Å². The van der Waals surface area contributed by atoms with E-state index >= 15 is 0 Å². The average Bonchev–Trinajstić information content (AvgIpc) is 3.29. The fourth-order valence-electron chi connectivity index (χ4n) is 5.18. The summed E-state index contributed by atoms with van der Waals surface area (Å²) in [4.78, 5) is 11.4. The van der Waals surface area contributed by atoms with Gasteiger partial charge >= 0.3 is 5.97 Å². The second-order valence-electron chi connectivity index (χ2n) is 8.40. The van der Waals surface area contributed by atoms with E-state index in [1.165, 1.54) is 33.3 Å². The van der Waals surface area contributed by atoms with E-state index in [0.29, 0.717) is 5.56 Å². The van der Waals surface area contributed by atoms with Crippen molar-refractivity contribution < 1.29 is 9.90 Å². The van der Waals surface area contributed by atoms with Gasteiger partial charge in [0.2, 0.25) is 0 Å². The number of hydrogen-bond acceptors (Lipinski definition) is 2. The number of nitrogens with zero attached hydrogens (tertiary/aromatic N) is 3. The first kappa shape index (κ1) is 19.1. The molecule has 0 radical (unpaired) electrons. The minimum absolute atomic E-state index is 0.282. The number of carboxylic acids is 1. The van der Waals surface area contributed by atoms with Crippen molar-refractivity contribution >= 4 is 66.4 Å². The Hall–Kier alpha value is -4.56. The van der Waals surface area contributed by atoms with E-state index in [1.807, 2.05) is 25.2 Å². The van der Waals surface area contributed by atoms with Crippen LogP contribution in [0.1, 0.15) is 5.56 Å². The highest BCUT2D eigenvalue weighted by molar-refractivity contribution is 6.32. The number of para-hydroxylation sites is 1. The number of aromatic nitrogens is 2. The lowest BCUT2D eigenvalue weighted by Crippen LogP contribution is -1.97. The van der Waals surface area contributed by atoms with Crippen LogP contribution in [0.2, 0.25) is 0 Å². The molecule has 0 aliphatic heterocycles. The molecule has 0 amide bonds. The van der Waals surface area contributed by atoms with Crippen LogP contribution in [0.15, 0.2) is 72.3 Å². The summed E-state index contributed by atoms with van der Waals surface area (Å²) in [6, 6.07) is 24.7. The van der Waals surface area contributed by atoms with Crippen LogP contribution >= 0.6 is 0 Å². The molecule has 1 N–H and O–H groups in total. The van der Waals surface area contributed by atoms with Crippen molar-refractivity contribution in [1.29, 1.82) is 5.26 Å². The van der Waals surface area contributed by atoms with Crippen molar-refractivity contribution in [3.63, 3.8) is 0 Å². The number of carboxylic acid groups (broad SMARTS) is 1. The number of hydrogen-bond donors (Lipinski definition) is 1. The van der Waals surface area contributed by atoms with Crippen LogP contribution < -0.4 is 0 Å². The molecular formula is C28H19N3O2. The third kappa shape index (κ3) is 2.55. The molecule has 0 spiro atoms. The summed E-state index contributed by atoms with van der Waals surface area (Å²) in [7, 11) is 4.14. The Morgan fingerprint density at radius 3 is 2.09 bits per heavy atom. The van der Waals surface area contributed by atoms with Crippen LogP contribution in [0, 0.1) is 11.3 Å². The SMILES string of the molecule is Cn1c2ccccc2c2c3c(ccc21)ccc1c3c2cc(/C=C(/C#N)C(=O)O)ccc2n1C. The van der Waals surface area contributed by atoms with Gasteiger partial charge in [-0.1, -0.05) is 36.4 Å². The number of aliphatic carboxylic acids is 1. The molecule has 6 rings (SSSR count).